The van der Waals surface area contributed by atoms with Gasteiger partial charge in [0, 0.05) is 18.6 Å². The molecular formula is C5H11N3O3S. The second kappa shape index (κ2) is 5.82. The van der Waals surface area contributed by atoms with E-state index < -0.39 is 9.84 Å². The zero-order valence-electron chi connectivity index (χ0n) is 6.80. The molecule has 0 bridgehead atoms. The molecule has 0 rings (SSSR count). The number of hydrogen-bond donors (Lipinski definition) is 0. The molecule has 0 aliphatic heterocycles. The molecule has 0 aliphatic carbocycles. The number of rotatable bonds is 6. The molecule has 0 N–H and O–H groups in total. The summed E-state index contributed by atoms with van der Waals surface area (Å²) >= 11 is 0. The summed E-state index contributed by atoms with van der Waals surface area (Å²) in [5, 5.41) is 3.13. The Morgan fingerprint density at radius 2 is 2.17 bits per heavy atom. The average molecular weight is 193 g/mol. The summed E-state index contributed by atoms with van der Waals surface area (Å²) in [4.78, 5) is 2.45. The van der Waals surface area contributed by atoms with Crippen molar-refractivity contribution in [2.75, 3.05) is 31.8 Å². The second-order valence-electron chi connectivity index (χ2n) is 2.10. The van der Waals surface area contributed by atoms with Gasteiger partial charge in [0.25, 0.3) is 0 Å². The van der Waals surface area contributed by atoms with Crippen LogP contribution in [0.2, 0.25) is 0 Å². The smallest absolute Gasteiger partial charge is 0.152 e. The summed E-state index contributed by atoms with van der Waals surface area (Å²) < 4.78 is 26.6. The van der Waals surface area contributed by atoms with Crippen LogP contribution in [0.25, 0.3) is 10.4 Å². The lowest BCUT2D eigenvalue weighted by Crippen LogP contribution is -2.16. The van der Waals surface area contributed by atoms with E-state index in [0.29, 0.717) is 0 Å². The molecule has 0 radical (unpaired) electrons. The minimum Gasteiger partial charge on any atom is -0.384 e. The summed E-state index contributed by atoms with van der Waals surface area (Å²) in [5.41, 5.74) is 7.88. The Kier molecular flexibility index (Phi) is 5.44. The van der Waals surface area contributed by atoms with E-state index >= 15 is 0 Å². The van der Waals surface area contributed by atoms with Gasteiger partial charge in [-0.05, 0) is 5.53 Å². The van der Waals surface area contributed by atoms with Gasteiger partial charge in [0.1, 0.15) is 0 Å². The molecular weight excluding hydrogens is 182 g/mol. The van der Waals surface area contributed by atoms with Crippen molar-refractivity contribution in [2.24, 2.45) is 5.11 Å². The van der Waals surface area contributed by atoms with Crippen LogP contribution in [0.15, 0.2) is 5.11 Å². The Morgan fingerprint density at radius 1 is 1.50 bits per heavy atom. The normalized spacial score (nSPS) is 10.8. The third-order valence-corrected chi connectivity index (χ3v) is 2.76. The largest absolute Gasteiger partial charge is 0.384 e. The molecule has 0 heterocycles. The molecule has 0 spiro atoms. The van der Waals surface area contributed by atoms with Gasteiger partial charge in [-0.25, -0.2) is 8.42 Å². The van der Waals surface area contributed by atoms with E-state index in [-0.39, 0.29) is 24.7 Å². The summed E-state index contributed by atoms with van der Waals surface area (Å²) in [7, 11) is -1.67. The fraction of sp³-hybridized carbons (Fsp3) is 1.00. The Morgan fingerprint density at radius 3 is 2.67 bits per heavy atom. The first-order chi connectivity index (χ1) is 5.62. The van der Waals surface area contributed by atoms with E-state index in [0.717, 1.165) is 0 Å². The van der Waals surface area contributed by atoms with Gasteiger partial charge in [0.15, 0.2) is 9.84 Å². The Hall–Kier alpha value is -0.780. The van der Waals surface area contributed by atoms with Crippen LogP contribution in [0.5, 0.6) is 0 Å². The first-order valence-electron chi connectivity index (χ1n) is 3.32. The number of hydrogen-bond acceptors (Lipinski definition) is 4. The molecule has 0 aliphatic rings. The van der Waals surface area contributed by atoms with Crippen LogP contribution < -0.4 is 0 Å². The van der Waals surface area contributed by atoms with Gasteiger partial charge in [-0.15, -0.1) is 0 Å². The lowest BCUT2D eigenvalue weighted by molar-refractivity contribution is 0.217. The molecule has 0 saturated heterocycles. The van der Waals surface area contributed by atoms with Gasteiger partial charge in [-0.1, -0.05) is 5.11 Å². The molecule has 70 valence electrons. The predicted octanol–water partition coefficient (Wildman–Crippen LogP) is 0.358. The van der Waals surface area contributed by atoms with E-state index in [2.05, 4.69) is 14.8 Å². The average Bonchev–Trinajstić information content (AvgIpc) is 2.01. The van der Waals surface area contributed by atoms with Crippen molar-refractivity contribution in [2.45, 2.75) is 0 Å². The van der Waals surface area contributed by atoms with Crippen LogP contribution in [-0.4, -0.2) is 40.2 Å². The fourth-order valence-electron chi connectivity index (χ4n) is 0.537. The Bertz CT molecular complexity index is 255. The van der Waals surface area contributed by atoms with Gasteiger partial charge >= 0.3 is 0 Å². The molecule has 7 heteroatoms. The monoisotopic (exact) mass is 193 g/mol. The van der Waals surface area contributed by atoms with Crippen molar-refractivity contribution >= 4 is 9.84 Å². The van der Waals surface area contributed by atoms with Crippen molar-refractivity contribution in [3.63, 3.8) is 0 Å². The number of methoxy groups -OCH3 is 1. The highest BCUT2D eigenvalue weighted by Gasteiger charge is 2.08. The van der Waals surface area contributed by atoms with Crippen LogP contribution in [-0.2, 0) is 14.6 Å². The van der Waals surface area contributed by atoms with E-state index in [1.165, 1.54) is 7.11 Å². The van der Waals surface area contributed by atoms with Gasteiger partial charge in [0.05, 0.1) is 18.1 Å². The molecule has 0 amide bonds. The van der Waals surface area contributed by atoms with Crippen LogP contribution in [0.4, 0.5) is 0 Å². The van der Waals surface area contributed by atoms with Crippen molar-refractivity contribution in [3.8, 4) is 0 Å². The third kappa shape index (κ3) is 5.96. The summed E-state index contributed by atoms with van der Waals surface area (Å²) in [6, 6.07) is 0. The van der Waals surface area contributed by atoms with Crippen LogP contribution in [0.3, 0.4) is 0 Å². The number of azide groups is 1. The third-order valence-electron chi connectivity index (χ3n) is 1.16. The number of sulfone groups is 1. The Labute approximate surface area is 71.1 Å². The van der Waals surface area contributed by atoms with E-state index in [1.54, 1.807) is 0 Å². The zero-order valence-corrected chi connectivity index (χ0v) is 7.62. The standard InChI is InChI=1S/C5H11N3O3S/c1-11-3-5-12(9,10)4-2-7-8-6/h2-5H2,1H3. The second-order valence-corrected chi connectivity index (χ2v) is 4.40. The fourth-order valence-corrected chi connectivity index (χ4v) is 1.52. The SMILES string of the molecule is COCCS(=O)(=O)CCN=[N+]=[N-]. The van der Waals surface area contributed by atoms with Crippen molar-refractivity contribution in [3.05, 3.63) is 10.4 Å². The highest BCUT2D eigenvalue weighted by atomic mass is 32.2. The topological polar surface area (TPSA) is 92.1 Å². The van der Waals surface area contributed by atoms with E-state index in [4.69, 9.17) is 5.53 Å². The number of ether oxygens (including phenoxy) is 1. The van der Waals surface area contributed by atoms with Crippen molar-refractivity contribution in [1.29, 1.82) is 0 Å². The molecule has 0 aromatic carbocycles. The first kappa shape index (κ1) is 11.2. The van der Waals surface area contributed by atoms with Gasteiger partial charge in [-0.2, -0.15) is 0 Å². The molecule has 0 atom stereocenters. The van der Waals surface area contributed by atoms with Crippen LogP contribution in [0.1, 0.15) is 0 Å². The minimum atomic E-state index is -3.11. The summed E-state index contributed by atoms with van der Waals surface area (Å²) in [6.07, 6.45) is 0. The molecule has 12 heavy (non-hydrogen) atoms. The maximum atomic E-state index is 11.0. The molecule has 0 unspecified atom stereocenters. The summed E-state index contributed by atoms with van der Waals surface area (Å²) in [5.74, 6) is -0.134. The van der Waals surface area contributed by atoms with Crippen LogP contribution in [0, 0.1) is 0 Å². The molecule has 6 nitrogen and oxygen atoms in total. The van der Waals surface area contributed by atoms with Crippen molar-refractivity contribution < 1.29 is 13.2 Å². The summed E-state index contributed by atoms with van der Waals surface area (Å²) in [6.45, 7) is 0.168. The zero-order chi connectivity index (χ0) is 9.45. The lowest BCUT2D eigenvalue weighted by Gasteiger charge is -1.99. The maximum absolute atomic E-state index is 11.0. The predicted molar refractivity (Wildman–Crippen MR) is 44.5 cm³/mol. The van der Waals surface area contributed by atoms with Crippen LogP contribution >= 0.6 is 0 Å². The quantitative estimate of drug-likeness (QED) is 0.346. The number of nitrogens with zero attached hydrogens (tertiary/aromatic N) is 3. The first-order valence-corrected chi connectivity index (χ1v) is 5.15. The lowest BCUT2D eigenvalue weighted by atomic mass is 10.8. The highest BCUT2D eigenvalue weighted by molar-refractivity contribution is 7.91. The van der Waals surface area contributed by atoms with Gasteiger partial charge < -0.3 is 4.74 Å². The Balaban J connectivity index is 3.80. The van der Waals surface area contributed by atoms with Gasteiger partial charge in [-0.3, -0.25) is 0 Å². The minimum absolute atomic E-state index is 0.0114. The van der Waals surface area contributed by atoms with Gasteiger partial charge in [0.2, 0.25) is 0 Å². The van der Waals surface area contributed by atoms with E-state index in [1.807, 2.05) is 0 Å². The highest BCUT2D eigenvalue weighted by Crippen LogP contribution is 1.90. The molecule has 0 saturated carbocycles. The molecule has 0 aromatic heterocycles. The molecule has 0 aromatic rings. The van der Waals surface area contributed by atoms with Crippen molar-refractivity contribution in [1.82, 2.24) is 0 Å². The molecule has 0 fully saturated rings. The van der Waals surface area contributed by atoms with E-state index in [9.17, 15) is 8.42 Å². The maximum Gasteiger partial charge on any atom is 0.152 e.